The number of nitrogens with two attached hydrogens (primary N) is 1. The maximum absolute atomic E-state index is 13.9. The Morgan fingerprint density at radius 1 is 1.16 bits per heavy atom. The highest BCUT2D eigenvalue weighted by Gasteiger charge is 2.23. The van der Waals surface area contributed by atoms with Crippen LogP contribution < -0.4 is 5.73 Å². The van der Waals surface area contributed by atoms with Crippen molar-refractivity contribution in [3.8, 4) is 0 Å². The average molecular weight is 263 g/mol. The minimum absolute atomic E-state index is 0.116. The molecule has 0 saturated heterocycles. The first-order chi connectivity index (χ1) is 9.20. The third kappa shape index (κ3) is 3.95. The number of halogens is 1. The first kappa shape index (κ1) is 14.4. The van der Waals surface area contributed by atoms with E-state index in [9.17, 15) is 4.39 Å². The summed E-state index contributed by atoms with van der Waals surface area (Å²) >= 11 is 0. The van der Waals surface area contributed by atoms with E-state index in [2.05, 4.69) is 6.92 Å². The Morgan fingerprint density at radius 2 is 1.89 bits per heavy atom. The monoisotopic (exact) mass is 263 g/mol. The van der Waals surface area contributed by atoms with Crippen molar-refractivity contribution in [2.24, 2.45) is 5.92 Å². The van der Waals surface area contributed by atoms with Gasteiger partial charge >= 0.3 is 0 Å². The second kappa shape index (κ2) is 6.93. The fraction of sp³-hybridized carbons (Fsp3) is 0.647. The van der Waals surface area contributed by atoms with E-state index in [1.54, 1.807) is 0 Å². The molecule has 1 aromatic carbocycles. The van der Waals surface area contributed by atoms with Gasteiger partial charge in [0.05, 0.1) is 0 Å². The quantitative estimate of drug-likeness (QED) is 0.569. The summed E-state index contributed by atoms with van der Waals surface area (Å²) in [6.45, 7) is 2.25. The van der Waals surface area contributed by atoms with Crippen LogP contribution in [-0.2, 0) is 0 Å². The summed E-state index contributed by atoms with van der Waals surface area (Å²) in [4.78, 5) is 0. The van der Waals surface area contributed by atoms with Gasteiger partial charge in [-0.05, 0) is 55.2 Å². The van der Waals surface area contributed by atoms with Gasteiger partial charge in [-0.1, -0.05) is 38.7 Å². The van der Waals surface area contributed by atoms with Crippen molar-refractivity contribution < 1.29 is 4.39 Å². The minimum atomic E-state index is -0.116. The second-order valence-corrected chi connectivity index (χ2v) is 5.99. The zero-order chi connectivity index (χ0) is 13.7. The van der Waals surface area contributed by atoms with Crippen LogP contribution in [0.3, 0.4) is 0 Å². The lowest BCUT2D eigenvalue weighted by atomic mass is 9.77. The summed E-state index contributed by atoms with van der Waals surface area (Å²) in [6.07, 6.45) is 10.2. The Balaban J connectivity index is 1.85. The van der Waals surface area contributed by atoms with E-state index in [1.165, 1.54) is 44.6 Å². The first-order valence-electron chi connectivity index (χ1n) is 7.75. The summed E-state index contributed by atoms with van der Waals surface area (Å²) in [5, 5.41) is 0. The fourth-order valence-electron chi connectivity index (χ4n) is 3.32. The van der Waals surface area contributed by atoms with E-state index in [-0.39, 0.29) is 5.82 Å². The van der Waals surface area contributed by atoms with Gasteiger partial charge in [-0.25, -0.2) is 4.39 Å². The van der Waals surface area contributed by atoms with Gasteiger partial charge < -0.3 is 5.73 Å². The highest BCUT2D eigenvalue weighted by Crippen LogP contribution is 2.38. The number of hydrogen-bond donors (Lipinski definition) is 1. The Hall–Kier alpha value is -1.05. The van der Waals surface area contributed by atoms with Crippen molar-refractivity contribution in [3.63, 3.8) is 0 Å². The predicted molar refractivity (Wildman–Crippen MR) is 79.7 cm³/mol. The standard InChI is InChI=1S/C17H26FN/c1-2-3-4-5-13-6-8-14(9-7-13)16-11-10-15(19)12-17(16)18/h10-14H,2-9,19H2,1H3. The van der Waals surface area contributed by atoms with E-state index < -0.39 is 0 Å². The average Bonchev–Trinajstić information content (AvgIpc) is 2.40. The van der Waals surface area contributed by atoms with Gasteiger partial charge in [0.1, 0.15) is 5.82 Å². The third-order valence-corrected chi connectivity index (χ3v) is 4.53. The molecule has 0 bridgehead atoms. The van der Waals surface area contributed by atoms with Crippen LogP contribution >= 0.6 is 0 Å². The number of anilines is 1. The SMILES string of the molecule is CCCCCC1CCC(c2ccc(N)cc2F)CC1. The zero-order valence-electron chi connectivity index (χ0n) is 12.0. The van der Waals surface area contributed by atoms with Crippen molar-refractivity contribution in [2.75, 3.05) is 5.73 Å². The molecule has 0 atom stereocenters. The van der Waals surface area contributed by atoms with Crippen LogP contribution in [0.5, 0.6) is 0 Å². The van der Waals surface area contributed by atoms with Gasteiger partial charge in [0.2, 0.25) is 0 Å². The van der Waals surface area contributed by atoms with Crippen LogP contribution in [0.1, 0.15) is 69.8 Å². The van der Waals surface area contributed by atoms with Crippen molar-refractivity contribution in [1.29, 1.82) is 0 Å². The second-order valence-electron chi connectivity index (χ2n) is 5.99. The number of benzene rings is 1. The Bertz CT molecular complexity index is 394. The highest BCUT2D eigenvalue weighted by atomic mass is 19.1. The molecule has 0 amide bonds. The van der Waals surface area contributed by atoms with Crippen LogP contribution in [0.4, 0.5) is 10.1 Å². The molecule has 0 heterocycles. The van der Waals surface area contributed by atoms with Gasteiger partial charge in [0.15, 0.2) is 0 Å². The molecule has 0 unspecified atom stereocenters. The summed E-state index contributed by atoms with van der Waals surface area (Å²) in [7, 11) is 0. The number of rotatable bonds is 5. The molecule has 0 radical (unpaired) electrons. The molecule has 1 fully saturated rings. The van der Waals surface area contributed by atoms with Crippen LogP contribution in [0.2, 0.25) is 0 Å². The molecule has 1 saturated carbocycles. The molecule has 0 spiro atoms. The fourth-order valence-corrected chi connectivity index (χ4v) is 3.32. The van der Waals surface area contributed by atoms with Gasteiger partial charge in [0, 0.05) is 5.69 Å². The number of nitrogen functional groups attached to an aromatic ring is 1. The molecule has 19 heavy (non-hydrogen) atoms. The smallest absolute Gasteiger partial charge is 0.128 e. The molecular weight excluding hydrogens is 237 g/mol. The Kier molecular flexibility index (Phi) is 5.24. The molecule has 0 aromatic heterocycles. The third-order valence-electron chi connectivity index (χ3n) is 4.53. The van der Waals surface area contributed by atoms with Crippen molar-refractivity contribution in [2.45, 2.75) is 64.2 Å². The van der Waals surface area contributed by atoms with E-state index >= 15 is 0 Å². The molecule has 2 heteroatoms. The van der Waals surface area contributed by atoms with Crippen LogP contribution in [0, 0.1) is 11.7 Å². The first-order valence-corrected chi connectivity index (χ1v) is 7.75. The van der Waals surface area contributed by atoms with E-state index in [0.717, 1.165) is 24.3 Å². The molecule has 2 rings (SSSR count). The minimum Gasteiger partial charge on any atom is -0.399 e. The number of hydrogen-bond acceptors (Lipinski definition) is 1. The summed E-state index contributed by atoms with van der Waals surface area (Å²) in [5.74, 6) is 1.16. The van der Waals surface area contributed by atoms with Crippen molar-refractivity contribution in [1.82, 2.24) is 0 Å². The van der Waals surface area contributed by atoms with E-state index in [1.807, 2.05) is 12.1 Å². The maximum Gasteiger partial charge on any atom is 0.128 e. The maximum atomic E-state index is 13.9. The molecule has 1 aliphatic carbocycles. The molecule has 1 aromatic rings. The lowest BCUT2D eigenvalue weighted by molar-refractivity contribution is 0.299. The van der Waals surface area contributed by atoms with Crippen LogP contribution in [0.15, 0.2) is 18.2 Å². The topological polar surface area (TPSA) is 26.0 Å². The molecule has 2 N–H and O–H groups in total. The zero-order valence-corrected chi connectivity index (χ0v) is 12.0. The lowest BCUT2D eigenvalue weighted by Gasteiger charge is -2.29. The molecular formula is C17H26FN. The largest absolute Gasteiger partial charge is 0.399 e. The summed E-state index contributed by atoms with van der Waals surface area (Å²) in [5.41, 5.74) is 7.01. The molecule has 106 valence electrons. The van der Waals surface area contributed by atoms with Crippen LogP contribution in [-0.4, -0.2) is 0 Å². The molecule has 1 aliphatic rings. The lowest BCUT2D eigenvalue weighted by Crippen LogP contribution is -2.14. The van der Waals surface area contributed by atoms with Crippen molar-refractivity contribution in [3.05, 3.63) is 29.6 Å². The normalized spacial score (nSPS) is 23.5. The summed E-state index contributed by atoms with van der Waals surface area (Å²) in [6, 6.07) is 5.17. The van der Waals surface area contributed by atoms with Crippen molar-refractivity contribution >= 4 is 5.69 Å². The highest BCUT2D eigenvalue weighted by molar-refractivity contribution is 5.41. The predicted octanol–water partition coefficient (Wildman–Crippen LogP) is 5.26. The van der Waals surface area contributed by atoms with Gasteiger partial charge in [-0.3, -0.25) is 0 Å². The van der Waals surface area contributed by atoms with Crippen LogP contribution in [0.25, 0.3) is 0 Å². The van der Waals surface area contributed by atoms with E-state index in [4.69, 9.17) is 5.73 Å². The number of unbranched alkanes of at least 4 members (excludes halogenated alkanes) is 2. The van der Waals surface area contributed by atoms with Gasteiger partial charge in [-0.15, -0.1) is 0 Å². The molecule has 0 aliphatic heterocycles. The van der Waals surface area contributed by atoms with Gasteiger partial charge in [-0.2, -0.15) is 0 Å². The van der Waals surface area contributed by atoms with Gasteiger partial charge in [0.25, 0.3) is 0 Å². The molecule has 1 nitrogen and oxygen atoms in total. The Labute approximate surface area is 116 Å². The van der Waals surface area contributed by atoms with E-state index in [0.29, 0.717) is 11.6 Å². The summed E-state index contributed by atoms with van der Waals surface area (Å²) < 4.78 is 13.9. The Morgan fingerprint density at radius 3 is 2.53 bits per heavy atom.